The Hall–Kier alpha value is -1.46. The fourth-order valence-corrected chi connectivity index (χ4v) is 1.31. The van der Waals surface area contributed by atoms with Gasteiger partial charge in [0, 0.05) is 11.6 Å². The SMILES string of the molecule is Cc1cc(C(C)(N)CO)ccc1[N+](=O)[O-]. The molecular weight excluding hydrogens is 196 g/mol. The van der Waals surface area contributed by atoms with Gasteiger partial charge in [-0.2, -0.15) is 0 Å². The van der Waals surface area contributed by atoms with Gasteiger partial charge < -0.3 is 10.8 Å². The van der Waals surface area contributed by atoms with Crippen LogP contribution in [0.15, 0.2) is 18.2 Å². The van der Waals surface area contributed by atoms with Gasteiger partial charge in [0.05, 0.1) is 17.1 Å². The summed E-state index contributed by atoms with van der Waals surface area (Å²) in [6.07, 6.45) is 0. The fourth-order valence-electron chi connectivity index (χ4n) is 1.31. The number of nitro groups is 1. The van der Waals surface area contributed by atoms with Crippen LogP contribution in [-0.2, 0) is 5.54 Å². The van der Waals surface area contributed by atoms with Crippen LogP contribution in [0.5, 0.6) is 0 Å². The van der Waals surface area contributed by atoms with E-state index in [-0.39, 0.29) is 12.3 Å². The zero-order chi connectivity index (χ0) is 11.6. The summed E-state index contributed by atoms with van der Waals surface area (Å²) in [5, 5.41) is 19.6. The van der Waals surface area contributed by atoms with Crippen LogP contribution in [0.2, 0.25) is 0 Å². The summed E-state index contributed by atoms with van der Waals surface area (Å²) < 4.78 is 0. The fraction of sp³-hybridized carbons (Fsp3) is 0.400. The van der Waals surface area contributed by atoms with E-state index in [1.54, 1.807) is 26.0 Å². The number of rotatable bonds is 3. The second-order valence-corrected chi connectivity index (χ2v) is 3.83. The van der Waals surface area contributed by atoms with Crippen molar-refractivity contribution in [3.63, 3.8) is 0 Å². The third-order valence-electron chi connectivity index (χ3n) is 2.38. The van der Waals surface area contributed by atoms with Crippen LogP contribution in [0, 0.1) is 17.0 Å². The van der Waals surface area contributed by atoms with Crippen molar-refractivity contribution in [1.82, 2.24) is 0 Å². The predicted octanol–water partition coefficient (Wildman–Crippen LogP) is 1.07. The predicted molar refractivity (Wildman–Crippen MR) is 56.5 cm³/mol. The molecule has 1 aromatic rings. The van der Waals surface area contributed by atoms with E-state index < -0.39 is 10.5 Å². The van der Waals surface area contributed by atoms with Gasteiger partial charge in [-0.1, -0.05) is 6.07 Å². The maximum atomic E-state index is 10.6. The summed E-state index contributed by atoms with van der Waals surface area (Å²) in [6, 6.07) is 4.61. The summed E-state index contributed by atoms with van der Waals surface area (Å²) in [5.74, 6) is 0. The van der Waals surface area contributed by atoms with Crippen LogP contribution in [0.1, 0.15) is 18.1 Å². The van der Waals surface area contributed by atoms with Crippen LogP contribution < -0.4 is 5.73 Å². The molecule has 1 atom stereocenters. The highest BCUT2D eigenvalue weighted by atomic mass is 16.6. The molecule has 0 saturated carbocycles. The van der Waals surface area contributed by atoms with Crippen LogP contribution in [0.3, 0.4) is 0 Å². The monoisotopic (exact) mass is 210 g/mol. The first-order valence-electron chi connectivity index (χ1n) is 4.54. The molecule has 1 unspecified atom stereocenters. The molecule has 0 aliphatic rings. The number of aryl methyl sites for hydroxylation is 1. The minimum Gasteiger partial charge on any atom is -0.394 e. The largest absolute Gasteiger partial charge is 0.394 e. The highest BCUT2D eigenvalue weighted by Gasteiger charge is 2.22. The normalized spacial score (nSPS) is 14.7. The minimum absolute atomic E-state index is 0.0625. The number of benzene rings is 1. The summed E-state index contributed by atoms with van der Waals surface area (Å²) >= 11 is 0. The Kier molecular flexibility index (Phi) is 3.06. The third-order valence-corrected chi connectivity index (χ3v) is 2.38. The van der Waals surface area contributed by atoms with Gasteiger partial charge in [-0.25, -0.2) is 0 Å². The van der Waals surface area contributed by atoms with Crippen molar-refractivity contribution in [2.24, 2.45) is 5.73 Å². The van der Waals surface area contributed by atoms with Crippen LogP contribution in [-0.4, -0.2) is 16.6 Å². The summed E-state index contributed by atoms with van der Waals surface area (Å²) in [7, 11) is 0. The van der Waals surface area contributed by atoms with E-state index in [2.05, 4.69) is 0 Å². The van der Waals surface area contributed by atoms with Crippen molar-refractivity contribution in [3.05, 3.63) is 39.4 Å². The first kappa shape index (κ1) is 11.6. The molecule has 0 bridgehead atoms. The molecule has 0 saturated heterocycles. The average molecular weight is 210 g/mol. The van der Waals surface area contributed by atoms with Gasteiger partial charge in [-0.15, -0.1) is 0 Å². The first-order valence-corrected chi connectivity index (χ1v) is 4.54. The first-order chi connectivity index (χ1) is 6.88. The molecule has 0 fully saturated rings. The molecule has 0 aliphatic carbocycles. The lowest BCUT2D eigenvalue weighted by Crippen LogP contribution is -2.36. The number of aliphatic hydroxyl groups excluding tert-OH is 1. The topological polar surface area (TPSA) is 89.4 Å². The molecule has 15 heavy (non-hydrogen) atoms. The standard InChI is InChI=1S/C10H14N2O3/c1-7-5-8(10(2,11)6-13)3-4-9(7)12(14)15/h3-5,13H,6,11H2,1-2H3. The Morgan fingerprint density at radius 2 is 2.20 bits per heavy atom. The van der Waals surface area contributed by atoms with E-state index in [1.165, 1.54) is 6.07 Å². The van der Waals surface area contributed by atoms with Crippen molar-refractivity contribution in [2.75, 3.05) is 6.61 Å². The molecule has 1 aromatic carbocycles. The number of hydrogen-bond acceptors (Lipinski definition) is 4. The lowest BCUT2D eigenvalue weighted by Gasteiger charge is -2.22. The molecule has 0 radical (unpaired) electrons. The Morgan fingerprint density at radius 1 is 1.60 bits per heavy atom. The van der Waals surface area contributed by atoms with E-state index >= 15 is 0 Å². The Labute approximate surface area is 87.7 Å². The maximum Gasteiger partial charge on any atom is 0.272 e. The zero-order valence-corrected chi connectivity index (χ0v) is 8.73. The number of nitrogens with two attached hydrogens (primary N) is 1. The van der Waals surface area contributed by atoms with Crippen LogP contribution in [0.4, 0.5) is 5.69 Å². The van der Waals surface area contributed by atoms with Gasteiger partial charge in [-0.3, -0.25) is 10.1 Å². The number of nitrogens with zero attached hydrogens (tertiary/aromatic N) is 1. The number of aliphatic hydroxyl groups is 1. The van der Waals surface area contributed by atoms with Crippen LogP contribution in [0.25, 0.3) is 0 Å². The second-order valence-electron chi connectivity index (χ2n) is 3.83. The van der Waals surface area contributed by atoms with E-state index in [4.69, 9.17) is 10.8 Å². The molecule has 0 amide bonds. The van der Waals surface area contributed by atoms with Crippen molar-refractivity contribution in [1.29, 1.82) is 0 Å². The Morgan fingerprint density at radius 3 is 2.60 bits per heavy atom. The van der Waals surface area contributed by atoms with E-state index in [1.807, 2.05) is 0 Å². The van der Waals surface area contributed by atoms with Crippen molar-refractivity contribution in [2.45, 2.75) is 19.4 Å². The lowest BCUT2D eigenvalue weighted by atomic mass is 9.92. The van der Waals surface area contributed by atoms with Crippen molar-refractivity contribution < 1.29 is 10.0 Å². The van der Waals surface area contributed by atoms with E-state index in [9.17, 15) is 10.1 Å². The van der Waals surface area contributed by atoms with Crippen molar-refractivity contribution >= 4 is 5.69 Å². The Balaban J connectivity index is 3.18. The van der Waals surface area contributed by atoms with Gasteiger partial charge in [0.25, 0.3) is 5.69 Å². The molecular formula is C10H14N2O3. The Bertz CT molecular complexity index is 388. The molecule has 5 nitrogen and oxygen atoms in total. The molecule has 1 rings (SSSR count). The lowest BCUT2D eigenvalue weighted by molar-refractivity contribution is -0.385. The zero-order valence-electron chi connectivity index (χ0n) is 8.73. The number of hydrogen-bond donors (Lipinski definition) is 2. The van der Waals surface area contributed by atoms with Gasteiger partial charge in [0.1, 0.15) is 0 Å². The van der Waals surface area contributed by atoms with Crippen LogP contribution >= 0.6 is 0 Å². The summed E-state index contributed by atoms with van der Waals surface area (Å²) in [5.41, 5.74) is 6.25. The molecule has 3 N–H and O–H groups in total. The van der Waals surface area contributed by atoms with Gasteiger partial charge in [0.2, 0.25) is 0 Å². The summed E-state index contributed by atoms with van der Waals surface area (Å²) in [4.78, 5) is 10.1. The number of nitro benzene ring substituents is 1. The highest BCUT2D eigenvalue weighted by molar-refractivity contribution is 5.43. The minimum atomic E-state index is -0.861. The summed E-state index contributed by atoms with van der Waals surface area (Å²) in [6.45, 7) is 3.12. The van der Waals surface area contributed by atoms with Gasteiger partial charge in [0.15, 0.2) is 0 Å². The van der Waals surface area contributed by atoms with Gasteiger partial charge >= 0.3 is 0 Å². The quantitative estimate of drug-likeness (QED) is 0.576. The van der Waals surface area contributed by atoms with Gasteiger partial charge in [-0.05, 0) is 25.5 Å². The maximum absolute atomic E-state index is 10.6. The highest BCUT2D eigenvalue weighted by Crippen LogP contribution is 2.24. The van der Waals surface area contributed by atoms with E-state index in [0.717, 1.165) is 0 Å². The molecule has 82 valence electrons. The molecule has 0 aromatic heterocycles. The third kappa shape index (κ3) is 2.31. The second kappa shape index (κ2) is 3.96. The van der Waals surface area contributed by atoms with E-state index in [0.29, 0.717) is 11.1 Å². The molecule has 5 heteroatoms. The average Bonchev–Trinajstić information content (AvgIpc) is 2.17. The molecule has 0 aliphatic heterocycles. The van der Waals surface area contributed by atoms with Crippen molar-refractivity contribution in [3.8, 4) is 0 Å². The molecule has 0 spiro atoms. The molecule has 0 heterocycles. The smallest absolute Gasteiger partial charge is 0.272 e.